The molecule has 0 saturated carbocycles. The number of hydrogen-bond acceptors (Lipinski definition) is 7. The van der Waals surface area contributed by atoms with Crippen molar-refractivity contribution in [2.75, 3.05) is 39.7 Å². The van der Waals surface area contributed by atoms with Crippen molar-refractivity contribution >= 4 is 84.7 Å². The number of carbonyl (C=O) groups excluding carboxylic acids is 1. The summed E-state index contributed by atoms with van der Waals surface area (Å²) in [7, 11) is 0. The molecule has 1 amide bonds. The van der Waals surface area contributed by atoms with E-state index in [0.29, 0.717) is 0 Å². The normalized spacial score (nSPS) is 12.9. The van der Waals surface area contributed by atoms with E-state index >= 15 is 0 Å². The number of anilines is 5. The molecule has 8 nitrogen and oxygen atoms in total. The Bertz CT molecular complexity index is 2480. The van der Waals surface area contributed by atoms with E-state index in [1.165, 1.54) is 23.6 Å². The third-order valence-corrected chi connectivity index (χ3v) is 10.5. The first-order valence-electron chi connectivity index (χ1n) is 17.9. The Hall–Kier alpha value is -5.64. The minimum Gasteiger partial charge on any atom is -0.398 e. The van der Waals surface area contributed by atoms with Crippen LogP contribution in [0.2, 0.25) is 0 Å². The topological polar surface area (TPSA) is 113 Å². The first-order valence-corrected chi connectivity index (χ1v) is 18.7. The molecule has 9 rings (SSSR count). The van der Waals surface area contributed by atoms with E-state index in [2.05, 4.69) is 97.8 Å². The highest BCUT2D eigenvalue weighted by atomic mass is 79.9. The second kappa shape index (κ2) is 15.8. The molecule has 0 bridgehead atoms. The lowest BCUT2D eigenvalue weighted by Gasteiger charge is -2.19. The molecule has 272 valence electrons. The molecule has 5 aromatic carbocycles. The van der Waals surface area contributed by atoms with Gasteiger partial charge in [-0.2, -0.15) is 0 Å². The Morgan fingerprint density at radius 2 is 1.19 bits per heavy atom. The van der Waals surface area contributed by atoms with Crippen LogP contribution in [0.4, 0.5) is 28.7 Å². The van der Waals surface area contributed by atoms with Gasteiger partial charge in [-0.1, -0.05) is 94.8 Å². The van der Waals surface area contributed by atoms with E-state index in [1.807, 2.05) is 54.6 Å². The zero-order valence-electron chi connectivity index (χ0n) is 29.9. The number of nitrogen functional groups attached to an aromatic ring is 2. The van der Waals surface area contributed by atoms with Gasteiger partial charge in [0.05, 0.1) is 11.0 Å². The van der Waals surface area contributed by atoms with Crippen molar-refractivity contribution in [3.8, 4) is 11.1 Å². The maximum atomic E-state index is 11.4. The fourth-order valence-corrected chi connectivity index (χ4v) is 7.76. The largest absolute Gasteiger partial charge is 0.398 e. The van der Waals surface area contributed by atoms with E-state index in [9.17, 15) is 4.79 Å². The van der Waals surface area contributed by atoms with Crippen molar-refractivity contribution in [1.82, 2.24) is 9.97 Å². The highest BCUT2D eigenvalue weighted by molar-refractivity contribution is 9.10. The molecule has 0 radical (unpaired) electrons. The minimum absolute atomic E-state index is 0. The van der Waals surface area contributed by atoms with Gasteiger partial charge in [-0.05, 0) is 77.6 Å². The SMILES string of the molecule is CC(=O)Nc1cccc(-c2ccc3nc4c(c(N)c3c2)CCN4Cc2ccccc2)c1.Cl.Nc1c2c(nc3ccc(Br)cc13)N(Cc1ccccc1)CC2. The monoisotopic (exact) mass is 797 g/mol. The van der Waals surface area contributed by atoms with Crippen LogP contribution < -0.4 is 26.6 Å². The number of fused-ring (bicyclic) bond motifs is 4. The zero-order valence-corrected chi connectivity index (χ0v) is 32.3. The van der Waals surface area contributed by atoms with E-state index in [-0.39, 0.29) is 18.3 Å². The van der Waals surface area contributed by atoms with Gasteiger partial charge in [-0.3, -0.25) is 4.79 Å². The van der Waals surface area contributed by atoms with Gasteiger partial charge in [-0.15, -0.1) is 12.4 Å². The molecule has 4 heterocycles. The molecule has 0 saturated heterocycles. The highest BCUT2D eigenvalue weighted by Gasteiger charge is 2.26. The van der Waals surface area contributed by atoms with Crippen molar-refractivity contribution in [3.63, 3.8) is 0 Å². The Morgan fingerprint density at radius 3 is 1.74 bits per heavy atom. The van der Waals surface area contributed by atoms with E-state index < -0.39 is 0 Å². The van der Waals surface area contributed by atoms with E-state index in [1.54, 1.807) is 0 Å². The Labute approximate surface area is 329 Å². The van der Waals surface area contributed by atoms with Gasteiger partial charge in [0.15, 0.2) is 0 Å². The van der Waals surface area contributed by atoms with E-state index in [0.717, 1.165) is 111 Å². The standard InChI is InChI=1S/C26H24N4O.C18H16BrN3.ClH/c1-17(31)28-21-9-5-8-19(14-21)20-10-11-24-23(15-20)25(27)22-12-13-30(26(22)29-24)16-18-6-3-2-4-7-18;19-13-6-7-16-15(10-13)17(20)14-8-9-22(18(14)21-16)11-12-4-2-1-3-5-12;/h2-11,14-15H,12-13,16H2,1H3,(H2,27,29)(H,28,31);1-7,10H,8-9,11H2,(H2,20,21);1H. The molecule has 54 heavy (non-hydrogen) atoms. The van der Waals surface area contributed by atoms with Crippen LogP contribution in [0.25, 0.3) is 32.9 Å². The van der Waals surface area contributed by atoms with Crippen molar-refractivity contribution < 1.29 is 4.79 Å². The molecular formula is C44H41BrClN7O. The number of benzene rings is 5. The van der Waals surface area contributed by atoms with Crippen LogP contribution in [0.15, 0.2) is 126 Å². The third kappa shape index (κ3) is 7.56. The molecule has 5 N–H and O–H groups in total. The maximum Gasteiger partial charge on any atom is 0.221 e. The zero-order chi connectivity index (χ0) is 36.5. The predicted octanol–water partition coefficient (Wildman–Crippen LogP) is 9.57. The van der Waals surface area contributed by atoms with Gasteiger partial charge in [0.2, 0.25) is 5.91 Å². The van der Waals surface area contributed by atoms with Gasteiger partial charge in [-0.25, -0.2) is 9.97 Å². The molecule has 2 aromatic heterocycles. The number of nitrogens with two attached hydrogens (primary N) is 2. The maximum absolute atomic E-state index is 11.4. The fraction of sp³-hybridized carbons (Fsp3) is 0.159. The van der Waals surface area contributed by atoms with Crippen molar-refractivity contribution in [2.45, 2.75) is 32.9 Å². The first-order chi connectivity index (χ1) is 25.8. The molecule has 0 fully saturated rings. The van der Waals surface area contributed by atoms with Crippen molar-refractivity contribution in [1.29, 1.82) is 0 Å². The lowest BCUT2D eigenvalue weighted by molar-refractivity contribution is -0.114. The molecule has 0 spiro atoms. The number of halogens is 2. The van der Waals surface area contributed by atoms with E-state index in [4.69, 9.17) is 21.4 Å². The summed E-state index contributed by atoms with van der Waals surface area (Å²) in [5, 5.41) is 4.85. The number of pyridine rings is 2. The number of rotatable bonds is 6. The second-order valence-electron chi connectivity index (χ2n) is 13.6. The number of amides is 1. The van der Waals surface area contributed by atoms with Crippen molar-refractivity contribution in [3.05, 3.63) is 148 Å². The first kappa shape index (κ1) is 36.7. The summed E-state index contributed by atoms with van der Waals surface area (Å²) in [6.07, 6.45) is 1.86. The number of nitrogens with zero attached hydrogens (tertiary/aromatic N) is 4. The lowest BCUT2D eigenvalue weighted by atomic mass is 10.0. The lowest BCUT2D eigenvalue weighted by Crippen LogP contribution is -2.20. The van der Waals surface area contributed by atoms with Crippen LogP contribution in [0, 0.1) is 0 Å². The fourth-order valence-electron chi connectivity index (χ4n) is 7.40. The number of nitrogens with one attached hydrogen (secondary N) is 1. The minimum atomic E-state index is -0.0836. The van der Waals surface area contributed by atoms with Gasteiger partial charge < -0.3 is 26.6 Å². The summed E-state index contributed by atoms with van der Waals surface area (Å²) in [5.41, 5.74) is 24.3. The molecule has 2 aliphatic rings. The Balaban J connectivity index is 0.000000173. The van der Waals surface area contributed by atoms with Crippen molar-refractivity contribution in [2.24, 2.45) is 0 Å². The van der Waals surface area contributed by atoms with Gasteiger partial charge >= 0.3 is 0 Å². The molecule has 2 aliphatic heterocycles. The number of carbonyl (C=O) groups is 1. The van der Waals surface area contributed by atoms with Crippen LogP contribution in [-0.4, -0.2) is 29.0 Å². The molecule has 0 atom stereocenters. The second-order valence-corrected chi connectivity index (χ2v) is 14.5. The summed E-state index contributed by atoms with van der Waals surface area (Å²) in [4.78, 5) is 25.9. The quantitative estimate of drug-likeness (QED) is 0.154. The van der Waals surface area contributed by atoms with Crippen LogP contribution >= 0.6 is 28.3 Å². The molecule has 0 unspecified atom stereocenters. The average molecular weight is 799 g/mol. The summed E-state index contributed by atoms with van der Waals surface area (Å²) in [5.74, 6) is 1.95. The van der Waals surface area contributed by atoms with Crippen LogP contribution in [0.3, 0.4) is 0 Å². The Kier molecular flexibility index (Phi) is 10.7. The number of aromatic nitrogens is 2. The van der Waals surface area contributed by atoms with Gasteiger partial charge in [0.25, 0.3) is 0 Å². The van der Waals surface area contributed by atoms with Crippen LogP contribution in [0.1, 0.15) is 29.2 Å². The average Bonchev–Trinajstić information content (AvgIpc) is 3.77. The summed E-state index contributed by atoms with van der Waals surface area (Å²) < 4.78 is 1.03. The van der Waals surface area contributed by atoms with Gasteiger partial charge in [0, 0.05) is 76.5 Å². The predicted molar refractivity (Wildman–Crippen MR) is 229 cm³/mol. The summed E-state index contributed by atoms with van der Waals surface area (Å²) in [6.45, 7) is 5.11. The summed E-state index contributed by atoms with van der Waals surface area (Å²) >= 11 is 3.51. The Morgan fingerprint density at radius 1 is 0.667 bits per heavy atom. The van der Waals surface area contributed by atoms with Gasteiger partial charge in [0.1, 0.15) is 11.6 Å². The number of hydrogen-bond donors (Lipinski definition) is 3. The molecule has 7 aromatic rings. The molecule has 0 aliphatic carbocycles. The third-order valence-electron chi connectivity index (χ3n) is 9.99. The van der Waals surface area contributed by atoms with Crippen LogP contribution in [-0.2, 0) is 30.7 Å². The molecule has 10 heteroatoms. The highest BCUT2D eigenvalue weighted by Crippen LogP contribution is 2.39. The van der Waals surface area contributed by atoms with Crippen LogP contribution in [0.5, 0.6) is 0 Å². The molecular weight excluding hydrogens is 758 g/mol. The summed E-state index contributed by atoms with van der Waals surface area (Å²) in [6, 6.07) is 41.1. The smallest absolute Gasteiger partial charge is 0.221 e.